The highest BCUT2D eigenvalue weighted by atomic mass is 35.5. The van der Waals surface area contributed by atoms with Crippen molar-refractivity contribution in [3.63, 3.8) is 0 Å². The summed E-state index contributed by atoms with van der Waals surface area (Å²) in [6, 6.07) is 5.40. The molecular weight excluding hydrogens is 284 g/mol. The predicted molar refractivity (Wildman–Crippen MR) is 73.0 cm³/mol. The van der Waals surface area contributed by atoms with Crippen LogP contribution in [0.5, 0.6) is 0 Å². The summed E-state index contributed by atoms with van der Waals surface area (Å²) in [5.74, 6) is -1.17. The van der Waals surface area contributed by atoms with E-state index in [1.54, 1.807) is 6.07 Å². The van der Waals surface area contributed by atoms with Crippen LogP contribution in [0.4, 0.5) is 10.5 Å². The molecule has 6 nitrogen and oxygen atoms in total. The number of carboxylic acid groups (broad SMARTS) is 1. The van der Waals surface area contributed by atoms with Gasteiger partial charge in [0.2, 0.25) is 0 Å². The smallest absolute Gasteiger partial charge is 0.337 e. The number of benzene rings is 1. The van der Waals surface area contributed by atoms with E-state index in [2.05, 4.69) is 10.6 Å². The molecule has 0 fully saturated rings. The number of carboxylic acids is 1. The van der Waals surface area contributed by atoms with Crippen LogP contribution in [0.25, 0.3) is 0 Å². The number of carbonyl (C=O) groups excluding carboxylic acids is 1. The van der Waals surface area contributed by atoms with Crippen LogP contribution in [0.15, 0.2) is 41.2 Å². The lowest BCUT2D eigenvalue weighted by molar-refractivity contribution is 0.0698. The minimum absolute atomic E-state index is 0.0732. The third-order valence-corrected chi connectivity index (χ3v) is 2.73. The van der Waals surface area contributed by atoms with Gasteiger partial charge in [-0.2, -0.15) is 0 Å². The summed E-state index contributed by atoms with van der Waals surface area (Å²) in [4.78, 5) is 22.7. The molecule has 1 aromatic carbocycles. The Balaban J connectivity index is 2.02. The van der Waals surface area contributed by atoms with Crippen LogP contribution >= 0.6 is 11.6 Å². The Kier molecular flexibility index (Phi) is 4.27. The van der Waals surface area contributed by atoms with E-state index >= 15 is 0 Å². The zero-order valence-electron chi connectivity index (χ0n) is 10.2. The molecule has 0 aliphatic heterocycles. The molecule has 1 aromatic heterocycles. The molecule has 0 spiro atoms. The van der Waals surface area contributed by atoms with Crippen LogP contribution in [-0.2, 0) is 6.54 Å². The third kappa shape index (κ3) is 3.52. The molecule has 7 heteroatoms. The molecule has 1 heterocycles. The number of anilines is 1. The first-order valence-electron chi connectivity index (χ1n) is 5.65. The second-order valence-electron chi connectivity index (χ2n) is 3.93. The Morgan fingerprint density at radius 2 is 2.10 bits per heavy atom. The van der Waals surface area contributed by atoms with Crippen LogP contribution < -0.4 is 10.6 Å². The second kappa shape index (κ2) is 6.12. The van der Waals surface area contributed by atoms with Gasteiger partial charge >= 0.3 is 12.0 Å². The molecule has 0 aliphatic rings. The van der Waals surface area contributed by atoms with E-state index in [4.69, 9.17) is 21.1 Å². The summed E-state index contributed by atoms with van der Waals surface area (Å²) in [6.45, 7) is 0.276. The Labute approximate surface area is 119 Å². The topological polar surface area (TPSA) is 91.6 Å². The summed E-state index contributed by atoms with van der Waals surface area (Å²) < 4.78 is 4.86. The fourth-order valence-electron chi connectivity index (χ4n) is 1.54. The molecule has 2 aromatic rings. The fraction of sp³-hybridized carbons (Fsp3) is 0.0769. The number of amides is 2. The molecule has 0 unspecified atom stereocenters. The van der Waals surface area contributed by atoms with Crippen LogP contribution in [0.3, 0.4) is 0 Å². The molecule has 0 saturated heterocycles. The van der Waals surface area contributed by atoms with Crippen molar-refractivity contribution in [2.75, 3.05) is 5.32 Å². The molecular formula is C13H11ClN2O4. The van der Waals surface area contributed by atoms with Gasteiger partial charge in [0, 0.05) is 17.1 Å². The summed E-state index contributed by atoms with van der Waals surface area (Å²) in [5, 5.41) is 14.4. The first kappa shape index (κ1) is 14.0. The third-order valence-electron chi connectivity index (χ3n) is 2.49. The highest BCUT2D eigenvalue weighted by Gasteiger charge is 2.13. The quantitative estimate of drug-likeness (QED) is 0.808. The summed E-state index contributed by atoms with van der Waals surface area (Å²) in [7, 11) is 0. The summed E-state index contributed by atoms with van der Waals surface area (Å²) >= 11 is 5.72. The maximum Gasteiger partial charge on any atom is 0.337 e. The van der Waals surface area contributed by atoms with Crippen molar-refractivity contribution >= 4 is 29.3 Å². The molecule has 2 rings (SSSR count). The van der Waals surface area contributed by atoms with Crippen LogP contribution in [0.2, 0.25) is 5.02 Å². The Hall–Kier alpha value is -2.47. The van der Waals surface area contributed by atoms with Crippen LogP contribution in [0, 0.1) is 0 Å². The molecule has 3 N–H and O–H groups in total. The molecule has 0 bridgehead atoms. The van der Waals surface area contributed by atoms with Gasteiger partial charge in [-0.05, 0) is 24.3 Å². The monoisotopic (exact) mass is 294 g/mol. The lowest BCUT2D eigenvalue weighted by Crippen LogP contribution is -2.28. The number of carbonyl (C=O) groups is 2. The van der Waals surface area contributed by atoms with Gasteiger partial charge in [0.15, 0.2) is 0 Å². The van der Waals surface area contributed by atoms with Crippen LogP contribution in [-0.4, -0.2) is 17.1 Å². The molecule has 104 valence electrons. The predicted octanol–water partition coefficient (Wildman–Crippen LogP) is 2.95. The lowest BCUT2D eigenvalue weighted by atomic mass is 10.2. The zero-order valence-corrected chi connectivity index (χ0v) is 11.0. The highest BCUT2D eigenvalue weighted by molar-refractivity contribution is 6.31. The largest absolute Gasteiger partial charge is 0.478 e. The van der Waals surface area contributed by atoms with Gasteiger partial charge in [-0.1, -0.05) is 11.6 Å². The minimum Gasteiger partial charge on any atom is -0.478 e. The van der Waals surface area contributed by atoms with Gasteiger partial charge in [0.1, 0.15) is 0 Å². The maximum atomic E-state index is 11.7. The summed E-state index contributed by atoms with van der Waals surface area (Å²) in [5.41, 5.74) is 0.900. The van der Waals surface area contributed by atoms with Gasteiger partial charge < -0.3 is 20.2 Å². The van der Waals surface area contributed by atoms with Crippen molar-refractivity contribution in [3.8, 4) is 0 Å². The van der Waals surface area contributed by atoms with E-state index in [0.29, 0.717) is 0 Å². The number of furan rings is 1. The fourth-order valence-corrected chi connectivity index (χ4v) is 1.72. The molecule has 0 atom stereocenters. The van der Waals surface area contributed by atoms with Crippen LogP contribution in [0.1, 0.15) is 15.9 Å². The number of aromatic carboxylic acids is 1. The number of hydrogen-bond acceptors (Lipinski definition) is 3. The van der Waals surface area contributed by atoms with E-state index in [1.807, 2.05) is 0 Å². The average molecular weight is 295 g/mol. The number of nitrogens with one attached hydrogen (secondary N) is 2. The molecule has 0 aliphatic carbocycles. The normalized spacial score (nSPS) is 10.1. The summed E-state index contributed by atoms with van der Waals surface area (Å²) in [6.07, 6.45) is 3.00. The lowest BCUT2D eigenvalue weighted by Gasteiger charge is -2.09. The highest BCUT2D eigenvalue weighted by Crippen LogP contribution is 2.20. The van der Waals surface area contributed by atoms with Crippen molar-refractivity contribution in [1.82, 2.24) is 5.32 Å². The van der Waals surface area contributed by atoms with Crippen molar-refractivity contribution in [2.45, 2.75) is 6.54 Å². The molecule has 20 heavy (non-hydrogen) atoms. The van der Waals surface area contributed by atoms with Crippen molar-refractivity contribution in [2.24, 2.45) is 0 Å². The molecule has 0 saturated carbocycles. The Morgan fingerprint density at radius 3 is 2.75 bits per heavy atom. The molecule has 2 amide bonds. The Morgan fingerprint density at radius 1 is 1.30 bits per heavy atom. The van der Waals surface area contributed by atoms with E-state index in [-0.39, 0.29) is 22.8 Å². The van der Waals surface area contributed by atoms with Gasteiger partial charge in [-0.25, -0.2) is 9.59 Å². The standard InChI is InChI=1S/C13H11ClN2O4/c14-9-1-2-11(10(5-9)12(17)18)16-13(19)15-6-8-3-4-20-7-8/h1-5,7H,6H2,(H,17,18)(H2,15,16,19). The SMILES string of the molecule is O=C(NCc1ccoc1)Nc1ccc(Cl)cc1C(=O)O. The zero-order chi connectivity index (χ0) is 14.5. The average Bonchev–Trinajstić information content (AvgIpc) is 2.91. The van der Waals surface area contributed by atoms with E-state index in [0.717, 1.165) is 5.56 Å². The second-order valence-corrected chi connectivity index (χ2v) is 4.37. The number of urea groups is 1. The van der Waals surface area contributed by atoms with Crippen molar-refractivity contribution in [1.29, 1.82) is 0 Å². The van der Waals surface area contributed by atoms with E-state index < -0.39 is 12.0 Å². The van der Waals surface area contributed by atoms with Gasteiger partial charge in [0.25, 0.3) is 0 Å². The minimum atomic E-state index is -1.17. The maximum absolute atomic E-state index is 11.7. The first-order valence-corrected chi connectivity index (χ1v) is 6.03. The number of hydrogen-bond donors (Lipinski definition) is 3. The molecule has 0 radical (unpaired) electrons. The van der Waals surface area contributed by atoms with Gasteiger partial charge in [-0.3, -0.25) is 0 Å². The number of halogens is 1. The first-order chi connectivity index (χ1) is 9.56. The van der Waals surface area contributed by atoms with E-state index in [1.165, 1.54) is 30.7 Å². The Bertz CT molecular complexity index is 625. The number of rotatable bonds is 4. The van der Waals surface area contributed by atoms with Gasteiger partial charge in [-0.15, -0.1) is 0 Å². The van der Waals surface area contributed by atoms with Gasteiger partial charge in [0.05, 0.1) is 23.8 Å². The van der Waals surface area contributed by atoms with Crippen molar-refractivity contribution in [3.05, 3.63) is 52.9 Å². The van der Waals surface area contributed by atoms with E-state index in [9.17, 15) is 9.59 Å². The van der Waals surface area contributed by atoms with Crippen molar-refractivity contribution < 1.29 is 19.1 Å².